The molecule has 3 atom stereocenters. The van der Waals surface area contributed by atoms with Gasteiger partial charge in [0.1, 0.15) is 23.4 Å². The Morgan fingerprint density at radius 1 is 1.06 bits per heavy atom. The summed E-state index contributed by atoms with van der Waals surface area (Å²) in [5.74, 6) is -1.20. The first kappa shape index (κ1) is 28.7. The van der Waals surface area contributed by atoms with Crippen molar-refractivity contribution >= 4 is 17.9 Å². The molecular weight excluding hydrogens is 458 g/mol. The third kappa shape index (κ3) is 7.73. The summed E-state index contributed by atoms with van der Waals surface area (Å²) >= 11 is 0. The van der Waals surface area contributed by atoms with Gasteiger partial charge in [0, 0.05) is 19.2 Å². The molecule has 3 amide bonds. The molecule has 0 radical (unpaired) electrons. The second kappa shape index (κ2) is 12.4. The summed E-state index contributed by atoms with van der Waals surface area (Å²) in [5.41, 5.74) is 1.05. The number of alkyl carbamates (subject to hydrolysis) is 1. The first-order chi connectivity index (χ1) is 16.9. The predicted molar refractivity (Wildman–Crippen MR) is 139 cm³/mol. The Hall–Kier alpha value is -3.55. The van der Waals surface area contributed by atoms with E-state index in [1.807, 2.05) is 44.2 Å². The minimum Gasteiger partial charge on any atom is -0.507 e. The average Bonchev–Trinajstić information content (AvgIpc) is 2.82. The molecule has 0 aliphatic rings. The fourth-order valence-electron chi connectivity index (χ4n) is 3.77. The van der Waals surface area contributed by atoms with Crippen LogP contribution in [0.1, 0.15) is 63.8 Å². The largest absolute Gasteiger partial charge is 0.507 e. The number of aryl methyl sites for hydroxylation is 1. The Kier molecular flexibility index (Phi) is 9.90. The number of rotatable bonds is 9. The molecule has 0 bridgehead atoms. The van der Waals surface area contributed by atoms with Crippen LogP contribution in [-0.2, 0) is 20.9 Å². The number of carbonyl (C=O) groups is 3. The van der Waals surface area contributed by atoms with Crippen molar-refractivity contribution in [2.75, 3.05) is 7.05 Å². The highest BCUT2D eigenvalue weighted by atomic mass is 16.6. The van der Waals surface area contributed by atoms with Gasteiger partial charge in [-0.25, -0.2) is 4.79 Å². The monoisotopic (exact) mass is 497 g/mol. The number of likely N-dealkylation sites (N-methyl/N-ethyl adjacent to an activating group) is 1. The first-order valence-corrected chi connectivity index (χ1v) is 12.2. The smallest absolute Gasteiger partial charge is 0.408 e. The number of amides is 3. The molecule has 196 valence electrons. The number of ether oxygens (including phenoxy) is 1. The summed E-state index contributed by atoms with van der Waals surface area (Å²) in [6, 6.07) is 12.4. The molecule has 0 aromatic heterocycles. The maximum Gasteiger partial charge on any atom is 0.408 e. The fraction of sp³-hybridized carbons (Fsp3) is 0.464. The normalized spacial score (nSPS) is 13.8. The summed E-state index contributed by atoms with van der Waals surface area (Å²) in [6.07, 6.45) is -0.0984. The van der Waals surface area contributed by atoms with E-state index in [0.717, 1.165) is 5.56 Å². The van der Waals surface area contributed by atoms with Crippen LogP contribution in [0.25, 0.3) is 0 Å². The van der Waals surface area contributed by atoms with E-state index in [4.69, 9.17) is 4.74 Å². The number of benzene rings is 2. The number of nitrogens with zero attached hydrogens (tertiary/aromatic N) is 1. The van der Waals surface area contributed by atoms with E-state index >= 15 is 0 Å². The summed E-state index contributed by atoms with van der Waals surface area (Å²) in [5, 5.41) is 16.4. The van der Waals surface area contributed by atoms with Gasteiger partial charge in [0.15, 0.2) is 0 Å². The highest BCUT2D eigenvalue weighted by Crippen LogP contribution is 2.32. The van der Waals surface area contributed by atoms with E-state index in [9.17, 15) is 19.5 Å². The third-order valence-corrected chi connectivity index (χ3v) is 6.01. The van der Waals surface area contributed by atoms with Crippen LogP contribution in [-0.4, -0.2) is 46.6 Å². The molecule has 0 heterocycles. The lowest BCUT2D eigenvalue weighted by molar-refractivity contribution is -0.141. The quantitative estimate of drug-likeness (QED) is 0.474. The molecule has 8 heteroatoms. The Labute approximate surface area is 214 Å². The lowest BCUT2D eigenvalue weighted by Gasteiger charge is -2.34. The average molecular weight is 498 g/mol. The third-order valence-electron chi connectivity index (χ3n) is 6.01. The van der Waals surface area contributed by atoms with Gasteiger partial charge < -0.3 is 25.4 Å². The van der Waals surface area contributed by atoms with Gasteiger partial charge >= 0.3 is 6.09 Å². The Balaban J connectivity index is 2.39. The standard InChI is InChI=1S/C28H39N3O5/c1-8-18(2)22(30-27(35)36-28(4,5)6)26(34)31(7)23(21-16-12-13-19(3)24(21)32)25(33)29-17-20-14-10-9-11-15-20/h9-16,18,22-23,32H,8,17H2,1-7H3,(H,29,33)(H,30,35). The van der Waals surface area contributed by atoms with Gasteiger partial charge in [-0.3, -0.25) is 9.59 Å². The zero-order valence-corrected chi connectivity index (χ0v) is 22.3. The van der Waals surface area contributed by atoms with Gasteiger partial charge in [0.25, 0.3) is 0 Å². The van der Waals surface area contributed by atoms with E-state index in [1.54, 1.807) is 45.9 Å². The summed E-state index contributed by atoms with van der Waals surface area (Å²) < 4.78 is 5.37. The van der Waals surface area contributed by atoms with E-state index in [0.29, 0.717) is 17.5 Å². The van der Waals surface area contributed by atoms with Crippen molar-refractivity contribution in [1.82, 2.24) is 15.5 Å². The van der Waals surface area contributed by atoms with Crippen LogP contribution in [0, 0.1) is 12.8 Å². The van der Waals surface area contributed by atoms with Gasteiger partial charge in [-0.2, -0.15) is 0 Å². The molecule has 2 aromatic carbocycles. The van der Waals surface area contributed by atoms with Crippen molar-refractivity contribution in [3.05, 3.63) is 65.2 Å². The Morgan fingerprint density at radius 2 is 1.69 bits per heavy atom. The number of hydrogen-bond acceptors (Lipinski definition) is 5. The van der Waals surface area contributed by atoms with Crippen molar-refractivity contribution < 1.29 is 24.2 Å². The molecule has 0 saturated heterocycles. The molecule has 3 N–H and O–H groups in total. The van der Waals surface area contributed by atoms with Crippen LogP contribution in [0.5, 0.6) is 5.75 Å². The fourth-order valence-corrected chi connectivity index (χ4v) is 3.77. The Bertz CT molecular complexity index is 1050. The van der Waals surface area contributed by atoms with E-state index in [2.05, 4.69) is 10.6 Å². The molecule has 0 spiro atoms. The van der Waals surface area contributed by atoms with Gasteiger partial charge in [-0.15, -0.1) is 0 Å². The topological polar surface area (TPSA) is 108 Å². The number of aromatic hydroxyl groups is 1. The summed E-state index contributed by atoms with van der Waals surface area (Å²) in [6.45, 7) is 11.0. The number of hydrogen-bond donors (Lipinski definition) is 3. The number of para-hydroxylation sites is 1. The lowest BCUT2D eigenvalue weighted by atomic mass is 9.95. The molecule has 2 aromatic rings. The maximum absolute atomic E-state index is 13.7. The van der Waals surface area contributed by atoms with Crippen LogP contribution in [0.15, 0.2) is 48.5 Å². The number of phenols is 1. The minimum atomic E-state index is -1.12. The predicted octanol–water partition coefficient (Wildman–Crippen LogP) is 4.46. The molecule has 8 nitrogen and oxygen atoms in total. The molecule has 0 aliphatic heterocycles. The molecular formula is C28H39N3O5. The zero-order valence-electron chi connectivity index (χ0n) is 22.3. The zero-order chi connectivity index (χ0) is 27.0. The second-order valence-electron chi connectivity index (χ2n) is 10.1. The van der Waals surface area contributed by atoms with Crippen molar-refractivity contribution in [2.45, 2.75) is 72.2 Å². The van der Waals surface area contributed by atoms with Crippen LogP contribution >= 0.6 is 0 Å². The number of nitrogens with one attached hydrogen (secondary N) is 2. The van der Waals surface area contributed by atoms with Crippen LogP contribution in [0.3, 0.4) is 0 Å². The highest BCUT2D eigenvalue weighted by molar-refractivity contribution is 5.92. The van der Waals surface area contributed by atoms with E-state index in [1.165, 1.54) is 11.9 Å². The molecule has 36 heavy (non-hydrogen) atoms. The van der Waals surface area contributed by atoms with Gasteiger partial charge in [-0.05, 0) is 44.7 Å². The highest BCUT2D eigenvalue weighted by Gasteiger charge is 2.37. The maximum atomic E-state index is 13.7. The minimum absolute atomic E-state index is 0.0581. The van der Waals surface area contributed by atoms with Crippen LogP contribution in [0.2, 0.25) is 0 Å². The Morgan fingerprint density at radius 3 is 2.28 bits per heavy atom. The number of carbonyl (C=O) groups excluding carboxylic acids is 3. The first-order valence-electron chi connectivity index (χ1n) is 12.2. The summed E-state index contributed by atoms with van der Waals surface area (Å²) in [4.78, 5) is 41.0. The van der Waals surface area contributed by atoms with Gasteiger partial charge in [0.2, 0.25) is 11.8 Å². The molecule has 0 saturated carbocycles. The molecule has 0 fully saturated rings. The molecule has 3 unspecified atom stereocenters. The van der Waals surface area contributed by atoms with E-state index in [-0.39, 0.29) is 18.2 Å². The second-order valence-corrected chi connectivity index (χ2v) is 10.1. The van der Waals surface area contributed by atoms with Crippen molar-refractivity contribution in [2.24, 2.45) is 5.92 Å². The van der Waals surface area contributed by atoms with Crippen molar-refractivity contribution in [3.8, 4) is 5.75 Å². The lowest BCUT2D eigenvalue weighted by Crippen LogP contribution is -2.54. The van der Waals surface area contributed by atoms with Crippen LogP contribution < -0.4 is 10.6 Å². The SMILES string of the molecule is CCC(C)C(NC(=O)OC(C)(C)C)C(=O)N(C)C(C(=O)NCc1ccccc1)c1cccc(C)c1O. The molecule has 0 aliphatic carbocycles. The van der Waals surface area contributed by atoms with Crippen molar-refractivity contribution in [1.29, 1.82) is 0 Å². The number of phenolic OH excluding ortho intramolecular Hbond substituents is 1. The van der Waals surface area contributed by atoms with E-state index < -0.39 is 35.6 Å². The molecule has 2 rings (SSSR count). The van der Waals surface area contributed by atoms with Gasteiger partial charge in [-0.1, -0.05) is 68.8 Å². The van der Waals surface area contributed by atoms with Crippen LogP contribution in [0.4, 0.5) is 4.79 Å². The van der Waals surface area contributed by atoms with Crippen molar-refractivity contribution in [3.63, 3.8) is 0 Å². The van der Waals surface area contributed by atoms with Gasteiger partial charge in [0.05, 0.1) is 0 Å². The summed E-state index contributed by atoms with van der Waals surface area (Å²) in [7, 11) is 1.50.